The number of rotatable bonds is 2. The zero-order chi connectivity index (χ0) is 16.5. The topological polar surface area (TPSA) is 33.4 Å². The van der Waals surface area contributed by atoms with Crippen molar-refractivity contribution in [1.29, 1.82) is 0 Å². The fraction of sp³-hybridized carbons (Fsp3) is 0.273. The molecule has 1 aliphatic carbocycles. The van der Waals surface area contributed by atoms with Crippen molar-refractivity contribution in [3.63, 3.8) is 0 Å². The Morgan fingerprint density at radius 1 is 0.958 bits per heavy atom. The van der Waals surface area contributed by atoms with E-state index in [2.05, 4.69) is 6.08 Å². The molecule has 1 saturated carbocycles. The molecule has 122 valence electrons. The molecule has 0 unspecified atom stereocenters. The van der Waals surface area contributed by atoms with Gasteiger partial charge in [-0.25, -0.2) is 0 Å². The molecule has 0 spiro atoms. The first-order valence-corrected chi connectivity index (χ1v) is 8.73. The smallest absolute Gasteiger partial charge is 0.139 e. The third kappa shape index (κ3) is 2.73. The van der Waals surface area contributed by atoms with Crippen LogP contribution in [0, 0.1) is 6.92 Å². The van der Waals surface area contributed by atoms with Crippen molar-refractivity contribution in [2.75, 3.05) is 0 Å². The fourth-order valence-electron chi connectivity index (χ4n) is 3.65. The maximum absolute atomic E-state index is 10.5. The van der Waals surface area contributed by atoms with Gasteiger partial charge in [0.15, 0.2) is 0 Å². The van der Waals surface area contributed by atoms with E-state index in [1.807, 2.05) is 49.4 Å². The number of furan rings is 1. The summed E-state index contributed by atoms with van der Waals surface area (Å²) in [6.45, 7) is 2.03. The van der Waals surface area contributed by atoms with E-state index in [0.29, 0.717) is 5.75 Å². The first kappa shape index (κ1) is 15.1. The van der Waals surface area contributed by atoms with E-state index in [9.17, 15) is 5.11 Å². The highest BCUT2D eigenvalue weighted by atomic mass is 16.3. The van der Waals surface area contributed by atoms with E-state index < -0.39 is 0 Å². The van der Waals surface area contributed by atoms with Gasteiger partial charge in [0.25, 0.3) is 0 Å². The molecule has 2 heteroatoms. The second-order valence-corrected chi connectivity index (χ2v) is 6.69. The Kier molecular flexibility index (Phi) is 3.89. The lowest BCUT2D eigenvalue weighted by Gasteiger charge is -2.12. The van der Waals surface area contributed by atoms with E-state index in [4.69, 9.17) is 4.42 Å². The highest BCUT2D eigenvalue weighted by molar-refractivity contribution is 5.93. The number of fused-ring (bicyclic) bond motifs is 1. The summed E-state index contributed by atoms with van der Waals surface area (Å²) in [5.74, 6) is 1.18. The zero-order valence-corrected chi connectivity index (χ0v) is 14.0. The number of phenols is 1. The van der Waals surface area contributed by atoms with Crippen molar-refractivity contribution in [2.45, 2.75) is 39.0 Å². The summed E-state index contributed by atoms with van der Waals surface area (Å²) in [6.07, 6.45) is 8.40. The van der Waals surface area contributed by atoms with Crippen LogP contribution in [0.2, 0.25) is 0 Å². The average Bonchev–Trinajstić information content (AvgIpc) is 2.93. The summed E-state index contributed by atoms with van der Waals surface area (Å²) >= 11 is 0. The number of benzene rings is 2. The number of phenolic OH excluding ortho intramolecular Hbond substituents is 1. The van der Waals surface area contributed by atoms with Crippen LogP contribution in [0.5, 0.6) is 5.75 Å². The standard InChI is InChI=1S/C22H22O2/c1-15-20(12-16-8-4-2-5-9-16)24-21-14-18(13-19(23)22(15)21)17-10-6-3-7-11-17/h3,6-7,10-14,23H,2,4-5,8-9H2,1H3. The monoisotopic (exact) mass is 318 g/mol. The predicted octanol–water partition coefficient (Wildman–Crippen LogP) is 6.46. The van der Waals surface area contributed by atoms with Gasteiger partial charge in [0.2, 0.25) is 0 Å². The quantitative estimate of drug-likeness (QED) is 0.588. The van der Waals surface area contributed by atoms with Crippen LogP contribution >= 0.6 is 0 Å². The van der Waals surface area contributed by atoms with Gasteiger partial charge in [-0.15, -0.1) is 0 Å². The molecule has 1 N–H and O–H groups in total. The molecule has 2 aromatic carbocycles. The Hall–Kier alpha value is -2.48. The van der Waals surface area contributed by atoms with Crippen molar-refractivity contribution in [2.24, 2.45) is 0 Å². The van der Waals surface area contributed by atoms with Crippen LogP contribution < -0.4 is 0 Å². The Balaban J connectivity index is 1.81. The Bertz CT molecular complexity index is 893. The molecule has 1 heterocycles. The van der Waals surface area contributed by atoms with Crippen molar-refractivity contribution >= 4 is 17.0 Å². The van der Waals surface area contributed by atoms with Gasteiger partial charge in [-0.1, -0.05) is 42.3 Å². The van der Waals surface area contributed by atoms with Crippen LogP contribution in [0.15, 0.2) is 52.5 Å². The third-order valence-corrected chi connectivity index (χ3v) is 4.98. The summed E-state index contributed by atoms with van der Waals surface area (Å²) in [6, 6.07) is 13.9. The molecule has 1 aliphatic rings. The van der Waals surface area contributed by atoms with E-state index in [0.717, 1.165) is 46.3 Å². The first-order valence-electron chi connectivity index (χ1n) is 8.73. The lowest BCUT2D eigenvalue weighted by atomic mass is 9.94. The number of hydrogen-bond acceptors (Lipinski definition) is 2. The van der Waals surface area contributed by atoms with Crippen molar-refractivity contribution in [3.05, 3.63) is 59.4 Å². The third-order valence-electron chi connectivity index (χ3n) is 4.98. The first-order chi connectivity index (χ1) is 11.7. The lowest BCUT2D eigenvalue weighted by Crippen LogP contribution is -1.93. The van der Waals surface area contributed by atoms with E-state index in [1.165, 1.54) is 24.8 Å². The van der Waals surface area contributed by atoms with Gasteiger partial charge in [-0.3, -0.25) is 0 Å². The average molecular weight is 318 g/mol. The highest BCUT2D eigenvalue weighted by Crippen LogP contribution is 2.38. The van der Waals surface area contributed by atoms with Crippen molar-refractivity contribution in [1.82, 2.24) is 0 Å². The van der Waals surface area contributed by atoms with Crippen LogP contribution in [0.4, 0.5) is 0 Å². The van der Waals surface area contributed by atoms with Crippen molar-refractivity contribution < 1.29 is 9.52 Å². The number of aromatic hydroxyl groups is 1. The van der Waals surface area contributed by atoms with Crippen LogP contribution in [0.3, 0.4) is 0 Å². The minimum atomic E-state index is 0.292. The van der Waals surface area contributed by atoms with E-state index in [-0.39, 0.29) is 0 Å². The molecule has 24 heavy (non-hydrogen) atoms. The number of allylic oxidation sites excluding steroid dienone is 1. The molecule has 0 radical (unpaired) electrons. The van der Waals surface area contributed by atoms with Crippen LogP contribution in [0.25, 0.3) is 28.2 Å². The van der Waals surface area contributed by atoms with Crippen LogP contribution in [0.1, 0.15) is 43.4 Å². The molecule has 0 bridgehead atoms. The lowest BCUT2D eigenvalue weighted by molar-refractivity contribution is 0.481. The second kappa shape index (κ2) is 6.20. The minimum absolute atomic E-state index is 0.292. The number of aryl methyl sites for hydroxylation is 1. The maximum atomic E-state index is 10.5. The minimum Gasteiger partial charge on any atom is -0.507 e. The molecule has 3 aromatic rings. The summed E-state index contributed by atoms with van der Waals surface area (Å²) in [5, 5.41) is 11.4. The molecule has 1 fully saturated rings. The Morgan fingerprint density at radius 3 is 2.46 bits per heavy atom. The highest BCUT2D eigenvalue weighted by Gasteiger charge is 2.16. The van der Waals surface area contributed by atoms with Crippen LogP contribution in [-0.4, -0.2) is 5.11 Å². The molecule has 2 nitrogen and oxygen atoms in total. The largest absolute Gasteiger partial charge is 0.507 e. The maximum Gasteiger partial charge on any atom is 0.139 e. The van der Waals surface area contributed by atoms with Crippen molar-refractivity contribution in [3.8, 4) is 16.9 Å². The van der Waals surface area contributed by atoms with Gasteiger partial charge in [0.05, 0.1) is 5.39 Å². The molecule has 0 aliphatic heterocycles. The molecule has 0 amide bonds. The summed E-state index contributed by atoms with van der Waals surface area (Å²) in [4.78, 5) is 0. The molecule has 0 saturated heterocycles. The van der Waals surface area contributed by atoms with Gasteiger partial charge in [-0.05, 0) is 61.9 Å². The zero-order valence-electron chi connectivity index (χ0n) is 14.0. The molecule has 0 atom stereocenters. The van der Waals surface area contributed by atoms with E-state index in [1.54, 1.807) is 0 Å². The Labute approximate surface area is 142 Å². The van der Waals surface area contributed by atoms with Gasteiger partial charge < -0.3 is 9.52 Å². The Morgan fingerprint density at radius 2 is 1.71 bits per heavy atom. The predicted molar refractivity (Wildman–Crippen MR) is 99.1 cm³/mol. The second-order valence-electron chi connectivity index (χ2n) is 6.69. The van der Waals surface area contributed by atoms with Gasteiger partial charge in [0, 0.05) is 5.56 Å². The molecule has 1 aromatic heterocycles. The summed E-state index contributed by atoms with van der Waals surface area (Å²) in [5.41, 5.74) is 5.31. The van der Waals surface area contributed by atoms with Gasteiger partial charge in [0.1, 0.15) is 17.1 Å². The van der Waals surface area contributed by atoms with Gasteiger partial charge in [-0.2, -0.15) is 0 Å². The summed E-state index contributed by atoms with van der Waals surface area (Å²) < 4.78 is 6.11. The fourth-order valence-corrected chi connectivity index (χ4v) is 3.65. The molecule has 4 rings (SSSR count). The molecular formula is C22H22O2. The SMILES string of the molecule is Cc1c(C=C2CCCCC2)oc2cc(-c3ccccc3)cc(O)c12. The summed E-state index contributed by atoms with van der Waals surface area (Å²) in [7, 11) is 0. The van der Waals surface area contributed by atoms with E-state index >= 15 is 0 Å². The normalized spacial score (nSPS) is 15.0. The van der Waals surface area contributed by atoms with Crippen LogP contribution in [-0.2, 0) is 0 Å². The number of hydrogen-bond donors (Lipinski definition) is 1. The molecular weight excluding hydrogens is 296 g/mol. The van der Waals surface area contributed by atoms with Gasteiger partial charge >= 0.3 is 0 Å².